The third-order valence-corrected chi connectivity index (χ3v) is 3.76. The minimum atomic E-state index is 0.713. The van der Waals surface area contributed by atoms with Crippen LogP contribution in [0.2, 0.25) is 0 Å². The number of alkyl halides is 1. The zero-order valence-electron chi connectivity index (χ0n) is 10.6. The molecular formula is C13H20ClN3. The number of hydrogen-bond acceptors (Lipinski definition) is 3. The van der Waals surface area contributed by atoms with Crippen LogP contribution >= 0.6 is 11.6 Å². The summed E-state index contributed by atoms with van der Waals surface area (Å²) in [6.07, 6.45) is 5.53. The SMILES string of the molecule is Cc1ncc(N2CCCC(CCCl)C2)nc1C. The lowest BCUT2D eigenvalue weighted by Crippen LogP contribution is -2.36. The maximum Gasteiger partial charge on any atom is 0.147 e. The molecule has 0 aromatic carbocycles. The number of aryl methyl sites for hydroxylation is 2. The smallest absolute Gasteiger partial charge is 0.147 e. The Morgan fingerprint density at radius 3 is 2.94 bits per heavy atom. The normalized spacial score (nSPS) is 20.6. The van der Waals surface area contributed by atoms with Crippen molar-refractivity contribution in [1.82, 2.24) is 9.97 Å². The van der Waals surface area contributed by atoms with Crippen molar-refractivity contribution in [2.24, 2.45) is 5.92 Å². The number of hydrogen-bond donors (Lipinski definition) is 0. The van der Waals surface area contributed by atoms with Crippen LogP contribution in [-0.4, -0.2) is 28.9 Å². The van der Waals surface area contributed by atoms with Crippen LogP contribution in [0.25, 0.3) is 0 Å². The molecule has 0 spiro atoms. The first-order valence-corrected chi connectivity index (χ1v) is 6.85. The molecule has 1 aliphatic heterocycles. The number of aromatic nitrogens is 2. The quantitative estimate of drug-likeness (QED) is 0.776. The number of halogens is 1. The van der Waals surface area contributed by atoms with Crippen LogP contribution in [0.3, 0.4) is 0 Å². The highest BCUT2D eigenvalue weighted by Crippen LogP contribution is 2.24. The van der Waals surface area contributed by atoms with Gasteiger partial charge in [0, 0.05) is 19.0 Å². The lowest BCUT2D eigenvalue weighted by molar-refractivity contribution is 0.404. The molecule has 0 N–H and O–H groups in total. The molecule has 0 saturated carbocycles. The van der Waals surface area contributed by atoms with E-state index in [0.29, 0.717) is 5.92 Å². The average molecular weight is 254 g/mol. The largest absolute Gasteiger partial charge is 0.355 e. The van der Waals surface area contributed by atoms with Crippen molar-refractivity contribution in [3.63, 3.8) is 0 Å². The molecule has 1 aromatic rings. The summed E-state index contributed by atoms with van der Waals surface area (Å²) in [7, 11) is 0. The Labute approximate surface area is 108 Å². The molecule has 0 bridgehead atoms. The highest BCUT2D eigenvalue weighted by molar-refractivity contribution is 6.17. The molecular weight excluding hydrogens is 234 g/mol. The molecule has 0 amide bonds. The molecule has 1 aliphatic rings. The van der Waals surface area contributed by atoms with Gasteiger partial charge in [-0.2, -0.15) is 0 Å². The molecule has 1 saturated heterocycles. The van der Waals surface area contributed by atoms with Crippen molar-refractivity contribution < 1.29 is 0 Å². The van der Waals surface area contributed by atoms with Gasteiger partial charge in [0.05, 0.1) is 17.6 Å². The van der Waals surface area contributed by atoms with Crippen LogP contribution in [0, 0.1) is 19.8 Å². The fraction of sp³-hybridized carbons (Fsp3) is 0.692. The van der Waals surface area contributed by atoms with Gasteiger partial charge in [-0.1, -0.05) is 0 Å². The fourth-order valence-corrected chi connectivity index (χ4v) is 2.65. The average Bonchev–Trinajstić information content (AvgIpc) is 2.33. The summed E-state index contributed by atoms with van der Waals surface area (Å²) in [6.45, 7) is 6.19. The molecule has 94 valence electrons. The molecule has 3 nitrogen and oxygen atoms in total. The van der Waals surface area contributed by atoms with Crippen LogP contribution < -0.4 is 4.90 Å². The van der Waals surface area contributed by atoms with Gasteiger partial charge in [0.2, 0.25) is 0 Å². The molecule has 2 rings (SSSR count). The Balaban J connectivity index is 2.08. The van der Waals surface area contributed by atoms with Crippen LogP contribution in [-0.2, 0) is 0 Å². The minimum absolute atomic E-state index is 0.713. The van der Waals surface area contributed by atoms with Crippen molar-refractivity contribution in [2.45, 2.75) is 33.1 Å². The van der Waals surface area contributed by atoms with Crippen LogP contribution in [0.15, 0.2) is 6.20 Å². The van der Waals surface area contributed by atoms with Gasteiger partial charge in [-0.05, 0) is 39.0 Å². The molecule has 1 fully saturated rings. The van der Waals surface area contributed by atoms with E-state index in [9.17, 15) is 0 Å². The zero-order chi connectivity index (χ0) is 12.3. The summed E-state index contributed by atoms with van der Waals surface area (Å²) in [5.74, 6) is 2.49. The third kappa shape index (κ3) is 3.09. The van der Waals surface area contributed by atoms with E-state index in [1.54, 1.807) is 0 Å². The molecule has 0 radical (unpaired) electrons. The van der Waals surface area contributed by atoms with E-state index in [2.05, 4.69) is 14.9 Å². The van der Waals surface area contributed by atoms with Gasteiger partial charge < -0.3 is 4.90 Å². The molecule has 0 aliphatic carbocycles. The molecule has 2 heterocycles. The van der Waals surface area contributed by atoms with Crippen LogP contribution in [0.1, 0.15) is 30.7 Å². The van der Waals surface area contributed by atoms with E-state index in [-0.39, 0.29) is 0 Å². The zero-order valence-corrected chi connectivity index (χ0v) is 11.4. The molecule has 4 heteroatoms. The van der Waals surface area contributed by atoms with E-state index in [1.807, 2.05) is 20.0 Å². The topological polar surface area (TPSA) is 29.0 Å². The van der Waals surface area contributed by atoms with Gasteiger partial charge in [-0.25, -0.2) is 4.98 Å². The van der Waals surface area contributed by atoms with Crippen molar-refractivity contribution in [3.8, 4) is 0 Å². The van der Waals surface area contributed by atoms with Crippen LogP contribution in [0.4, 0.5) is 5.82 Å². The van der Waals surface area contributed by atoms with Gasteiger partial charge in [0.15, 0.2) is 0 Å². The lowest BCUT2D eigenvalue weighted by Gasteiger charge is -2.33. The minimum Gasteiger partial charge on any atom is -0.355 e. The molecule has 1 unspecified atom stereocenters. The molecule has 1 atom stereocenters. The van der Waals surface area contributed by atoms with Crippen molar-refractivity contribution in [3.05, 3.63) is 17.6 Å². The summed E-state index contributed by atoms with van der Waals surface area (Å²) >= 11 is 5.83. The predicted octanol–water partition coefficient (Wildman–Crippen LogP) is 2.94. The maximum absolute atomic E-state index is 5.83. The summed E-state index contributed by atoms with van der Waals surface area (Å²) in [4.78, 5) is 11.4. The standard InChI is InChI=1S/C13H20ClN3/c1-10-11(2)16-13(8-15-10)17-7-3-4-12(9-17)5-6-14/h8,12H,3-7,9H2,1-2H3. The van der Waals surface area contributed by atoms with E-state index >= 15 is 0 Å². The highest BCUT2D eigenvalue weighted by Gasteiger charge is 2.20. The Kier molecular flexibility index (Phi) is 4.21. The Bertz CT molecular complexity index is 379. The second-order valence-electron chi connectivity index (χ2n) is 4.83. The number of nitrogens with zero attached hydrogens (tertiary/aromatic N) is 3. The first-order valence-electron chi connectivity index (χ1n) is 6.32. The number of rotatable bonds is 3. The van der Waals surface area contributed by atoms with Crippen molar-refractivity contribution in [2.75, 3.05) is 23.9 Å². The van der Waals surface area contributed by atoms with Crippen molar-refractivity contribution >= 4 is 17.4 Å². The number of anilines is 1. The lowest BCUT2D eigenvalue weighted by atomic mass is 9.96. The second-order valence-corrected chi connectivity index (χ2v) is 5.21. The first-order chi connectivity index (χ1) is 8.20. The van der Waals surface area contributed by atoms with Gasteiger partial charge in [-0.3, -0.25) is 4.98 Å². The Hall–Kier alpha value is -0.830. The van der Waals surface area contributed by atoms with E-state index in [4.69, 9.17) is 11.6 Å². The Morgan fingerprint density at radius 1 is 1.41 bits per heavy atom. The summed E-state index contributed by atoms with van der Waals surface area (Å²) in [5, 5.41) is 0. The van der Waals surface area contributed by atoms with Gasteiger partial charge in [0.25, 0.3) is 0 Å². The maximum atomic E-state index is 5.83. The van der Waals surface area contributed by atoms with Crippen molar-refractivity contribution in [1.29, 1.82) is 0 Å². The van der Waals surface area contributed by atoms with Gasteiger partial charge in [-0.15, -0.1) is 11.6 Å². The summed E-state index contributed by atoms with van der Waals surface area (Å²) < 4.78 is 0. The van der Waals surface area contributed by atoms with Crippen LogP contribution in [0.5, 0.6) is 0 Å². The van der Waals surface area contributed by atoms with E-state index in [0.717, 1.165) is 42.6 Å². The molecule has 1 aromatic heterocycles. The number of piperidine rings is 1. The molecule has 17 heavy (non-hydrogen) atoms. The van der Waals surface area contributed by atoms with Gasteiger partial charge in [0.1, 0.15) is 5.82 Å². The fourth-order valence-electron chi connectivity index (χ4n) is 2.35. The van der Waals surface area contributed by atoms with E-state index in [1.165, 1.54) is 12.8 Å². The van der Waals surface area contributed by atoms with E-state index < -0.39 is 0 Å². The summed E-state index contributed by atoms with van der Waals surface area (Å²) in [6, 6.07) is 0. The predicted molar refractivity (Wildman–Crippen MR) is 71.8 cm³/mol. The monoisotopic (exact) mass is 253 g/mol. The third-order valence-electron chi connectivity index (χ3n) is 3.54. The first kappa shape index (κ1) is 12.6. The highest BCUT2D eigenvalue weighted by atomic mass is 35.5. The van der Waals surface area contributed by atoms with Gasteiger partial charge >= 0.3 is 0 Å². The second kappa shape index (κ2) is 5.67. The Morgan fingerprint density at radius 2 is 2.24 bits per heavy atom. The summed E-state index contributed by atoms with van der Waals surface area (Å²) in [5.41, 5.74) is 2.05.